The van der Waals surface area contributed by atoms with Crippen LogP contribution in [0.5, 0.6) is 0 Å². The van der Waals surface area contributed by atoms with Crippen molar-refractivity contribution < 1.29 is 4.79 Å². The average molecular weight is 328 g/mol. The summed E-state index contributed by atoms with van der Waals surface area (Å²) in [6, 6.07) is 4.89. The molecule has 6 nitrogen and oxygen atoms in total. The van der Waals surface area contributed by atoms with Crippen molar-refractivity contribution in [2.45, 2.75) is 13.1 Å². The first-order valence-corrected chi connectivity index (χ1v) is 7.32. The van der Waals surface area contributed by atoms with Gasteiger partial charge in [0.15, 0.2) is 0 Å². The lowest BCUT2D eigenvalue weighted by Gasteiger charge is -2.17. The van der Waals surface area contributed by atoms with E-state index in [1.807, 2.05) is 6.07 Å². The molecule has 1 amide bonds. The van der Waals surface area contributed by atoms with Gasteiger partial charge < -0.3 is 4.90 Å². The highest BCUT2D eigenvalue weighted by Crippen LogP contribution is 2.22. The van der Waals surface area contributed by atoms with E-state index in [0.717, 1.165) is 9.44 Å². The predicted octanol–water partition coefficient (Wildman–Crippen LogP) is 0.920. The van der Waals surface area contributed by atoms with Gasteiger partial charge in [-0.15, -0.1) is 11.3 Å². The number of rotatable bonds is 4. The number of aromatic nitrogens is 2. The Bertz CT molecular complexity index is 777. The van der Waals surface area contributed by atoms with E-state index in [0.29, 0.717) is 10.9 Å². The van der Waals surface area contributed by atoms with E-state index in [1.165, 1.54) is 40.1 Å². The first-order chi connectivity index (χ1) is 9.88. The zero-order chi connectivity index (χ0) is 15.6. The summed E-state index contributed by atoms with van der Waals surface area (Å²) in [5.74, 6) is -0.222. The van der Waals surface area contributed by atoms with Crippen molar-refractivity contribution >= 4 is 28.8 Å². The van der Waals surface area contributed by atoms with Crippen molar-refractivity contribution in [1.82, 2.24) is 14.0 Å². The van der Waals surface area contributed by atoms with Crippen LogP contribution >= 0.6 is 22.9 Å². The minimum atomic E-state index is -0.511. The molecular weight excluding hydrogens is 314 g/mol. The number of hydrogen-bond acceptors (Lipinski definition) is 4. The molecule has 2 aromatic heterocycles. The van der Waals surface area contributed by atoms with Gasteiger partial charge in [-0.1, -0.05) is 11.6 Å². The van der Waals surface area contributed by atoms with Gasteiger partial charge in [0, 0.05) is 31.2 Å². The van der Waals surface area contributed by atoms with Crippen LogP contribution in [0.4, 0.5) is 0 Å². The van der Waals surface area contributed by atoms with Crippen LogP contribution in [0.15, 0.2) is 34.0 Å². The van der Waals surface area contributed by atoms with Crippen molar-refractivity contribution in [2.24, 2.45) is 7.05 Å². The standard InChI is InChI=1S/C13H14ClN3O3S/c1-15(7-9-3-4-10(14)21-9)12(19)8-17-6-5-11(18)16(2)13(17)20/h3-6H,7-8H2,1-2H3. The van der Waals surface area contributed by atoms with Gasteiger partial charge >= 0.3 is 5.69 Å². The molecule has 0 radical (unpaired) electrons. The maximum Gasteiger partial charge on any atom is 0.331 e. The molecule has 0 aromatic carbocycles. The maximum absolute atomic E-state index is 12.1. The minimum Gasteiger partial charge on any atom is -0.339 e. The van der Waals surface area contributed by atoms with Gasteiger partial charge in [-0.05, 0) is 12.1 Å². The molecule has 0 spiro atoms. The lowest BCUT2D eigenvalue weighted by atomic mass is 10.4. The maximum atomic E-state index is 12.1. The Morgan fingerprint density at radius 1 is 1.33 bits per heavy atom. The second kappa shape index (κ2) is 6.28. The Hall–Kier alpha value is -1.86. The Kier molecular flexibility index (Phi) is 4.64. The Balaban J connectivity index is 2.09. The second-order valence-corrected chi connectivity index (χ2v) is 6.38. The molecule has 0 bridgehead atoms. The van der Waals surface area contributed by atoms with Gasteiger partial charge in [-0.25, -0.2) is 4.79 Å². The van der Waals surface area contributed by atoms with Crippen LogP contribution in [0.2, 0.25) is 4.34 Å². The monoisotopic (exact) mass is 327 g/mol. The normalized spacial score (nSPS) is 10.6. The number of nitrogens with zero attached hydrogens (tertiary/aromatic N) is 3. The quantitative estimate of drug-likeness (QED) is 0.839. The molecule has 0 fully saturated rings. The molecule has 0 unspecified atom stereocenters. The van der Waals surface area contributed by atoms with Crippen LogP contribution in [0.1, 0.15) is 4.88 Å². The SMILES string of the molecule is CN(Cc1ccc(Cl)s1)C(=O)Cn1ccc(=O)n(C)c1=O. The molecule has 0 aliphatic rings. The van der Waals surface area contributed by atoms with Crippen molar-refractivity contribution in [3.8, 4) is 0 Å². The van der Waals surface area contributed by atoms with Crippen LogP contribution < -0.4 is 11.2 Å². The molecule has 0 saturated carbocycles. The molecule has 2 aromatic rings. The summed E-state index contributed by atoms with van der Waals surface area (Å²) in [4.78, 5) is 37.7. The molecule has 0 atom stereocenters. The van der Waals surface area contributed by atoms with E-state index < -0.39 is 11.2 Å². The van der Waals surface area contributed by atoms with Crippen molar-refractivity contribution in [3.05, 3.63) is 54.4 Å². The summed E-state index contributed by atoms with van der Waals surface area (Å²) in [6.45, 7) is 0.319. The van der Waals surface area contributed by atoms with E-state index in [2.05, 4.69) is 0 Å². The molecule has 0 N–H and O–H groups in total. The highest BCUT2D eigenvalue weighted by molar-refractivity contribution is 7.16. The fraction of sp³-hybridized carbons (Fsp3) is 0.308. The Labute approximate surface area is 129 Å². The third-order valence-corrected chi connectivity index (χ3v) is 4.23. The van der Waals surface area contributed by atoms with E-state index in [4.69, 9.17) is 11.6 Å². The zero-order valence-electron chi connectivity index (χ0n) is 11.6. The summed E-state index contributed by atoms with van der Waals surface area (Å²) in [7, 11) is 3.03. The van der Waals surface area contributed by atoms with Gasteiger partial charge in [0.1, 0.15) is 6.54 Å². The second-order valence-electron chi connectivity index (χ2n) is 4.58. The van der Waals surface area contributed by atoms with Crippen molar-refractivity contribution in [1.29, 1.82) is 0 Å². The van der Waals surface area contributed by atoms with Crippen LogP contribution in [0.3, 0.4) is 0 Å². The number of carbonyl (C=O) groups excluding carboxylic acids is 1. The number of hydrogen-bond donors (Lipinski definition) is 0. The minimum absolute atomic E-state index is 0.109. The third kappa shape index (κ3) is 3.62. The van der Waals surface area contributed by atoms with E-state index >= 15 is 0 Å². The van der Waals surface area contributed by atoms with Crippen LogP contribution in [0.25, 0.3) is 0 Å². The average Bonchev–Trinajstić information content (AvgIpc) is 2.84. The molecule has 21 heavy (non-hydrogen) atoms. The van der Waals surface area contributed by atoms with Crippen LogP contribution in [-0.2, 0) is 24.9 Å². The lowest BCUT2D eigenvalue weighted by Crippen LogP contribution is -2.40. The highest BCUT2D eigenvalue weighted by Gasteiger charge is 2.13. The number of halogens is 1. The molecule has 0 saturated heterocycles. The first kappa shape index (κ1) is 15.5. The molecule has 2 rings (SSSR count). The molecular formula is C13H14ClN3O3S. The topological polar surface area (TPSA) is 64.3 Å². The van der Waals surface area contributed by atoms with Gasteiger partial charge in [0.2, 0.25) is 5.91 Å². The number of amides is 1. The smallest absolute Gasteiger partial charge is 0.331 e. The largest absolute Gasteiger partial charge is 0.339 e. The molecule has 2 heterocycles. The predicted molar refractivity (Wildman–Crippen MR) is 81.7 cm³/mol. The Morgan fingerprint density at radius 3 is 2.67 bits per heavy atom. The van der Waals surface area contributed by atoms with E-state index in [1.54, 1.807) is 13.1 Å². The first-order valence-electron chi connectivity index (χ1n) is 6.13. The lowest BCUT2D eigenvalue weighted by molar-refractivity contribution is -0.131. The van der Waals surface area contributed by atoms with Crippen LogP contribution in [-0.4, -0.2) is 27.0 Å². The number of likely N-dealkylation sites (N-methyl/N-ethyl adjacent to an activating group) is 1. The van der Waals surface area contributed by atoms with Crippen LogP contribution in [0, 0.1) is 0 Å². The molecule has 0 aliphatic heterocycles. The third-order valence-electron chi connectivity index (χ3n) is 3.01. The van der Waals surface area contributed by atoms with Crippen molar-refractivity contribution in [2.75, 3.05) is 7.05 Å². The molecule has 112 valence electrons. The van der Waals surface area contributed by atoms with Crippen molar-refractivity contribution in [3.63, 3.8) is 0 Å². The fourth-order valence-electron chi connectivity index (χ4n) is 1.76. The summed E-state index contributed by atoms with van der Waals surface area (Å²) in [6.07, 6.45) is 1.33. The number of thiophene rings is 1. The fourth-order valence-corrected chi connectivity index (χ4v) is 2.90. The van der Waals surface area contributed by atoms with Gasteiger partial charge in [-0.2, -0.15) is 0 Å². The summed E-state index contributed by atoms with van der Waals surface area (Å²) in [5.41, 5.74) is -0.909. The summed E-state index contributed by atoms with van der Waals surface area (Å²) < 4.78 is 2.84. The zero-order valence-corrected chi connectivity index (χ0v) is 13.1. The Morgan fingerprint density at radius 2 is 2.05 bits per heavy atom. The van der Waals surface area contributed by atoms with Gasteiger partial charge in [-0.3, -0.25) is 18.7 Å². The highest BCUT2D eigenvalue weighted by atomic mass is 35.5. The summed E-state index contributed by atoms with van der Waals surface area (Å²) >= 11 is 7.25. The summed E-state index contributed by atoms with van der Waals surface area (Å²) in [5, 5.41) is 0. The molecule has 8 heteroatoms. The number of carbonyl (C=O) groups is 1. The molecule has 0 aliphatic carbocycles. The van der Waals surface area contributed by atoms with E-state index in [9.17, 15) is 14.4 Å². The van der Waals surface area contributed by atoms with E-state index in [-0.39, 0.29) is 12.5 Å². The van der Waals surface area contributed by atoms with Gasteiger partial charge in [0.05, 0.1) is 10.9 Å². The van der Waals surface area contributed by atoms with Gasteiger partial charge in [0.25, 0.3) is 5.56 Å².